The van der Waals surface area contributed by atoms with E-state index in [4.69, 9.17) is 18.9 Å². The normalized spacial score (nSPS) is 14.6. The first kappa shape index (κ1) is 21.8. The largest absolute Gasteiger partial charge is 0.488 e. The average Bonchev–Trinajstić information content (AvgIpc) is 2.81. The number of rotatable bonds is 10. The Balaban J connectivity index is 1.56. The molecule has 0 N–H and O–H groups in total. The van der Waals surface area contributed by atoms with E-state index in [1.807, 2.05) is 30.3 Å². The van der Waals surface area contributed by atoms with Crippen LogP contribution in [0.15, 0.2) is 58.7 Å². The second-order valence-electron chi connectivity index (χ2n) is 7.05. The van der Waals surface area contributed by atoms with Crippen molar-refractivity contribution in [1.82, 2.24) is 14.9 Å². The van der Waals surface area contributed by atoms with Gasteiger partial charge in [0.1, 0.15) is 24.6 Å². The Kier molecular flexibility index (Phi) is 7.95. The molecule has 8 heteroatoms. The van der Waals surface area contributed by atoms with Gasteiger partial charge in [0.2, 0.25) is 0 Å². The third-order valence-electron chi connectivity index (χ3n) is 4.94. The van der Waals surface area contributed by atoms with E-state index in [1.54, 1.807) is 25.2 Å². The van der Waals surface area contributed by atoms with Gasteiger partial charge < -0.3 is 18.9 Å². The molecule has 0 aliphatic carbocycles. The zero-order chi connectivity index (χ0) is 21.3. The SMILES string of the molecule is COCCOc1cc2ncnc(Sc3ccccc3)c2cc1OCCN1CCOCC1. The van der Waals surface area contributed by atoms with Gasteiger partial charge in [0.25, 0.3) is 0 Å². The van der Waals surface area contributed by atoms with Gasteiger partial charge in [0, 0.05) is 43.1 Å². The molecular weight excluding hydrogens is 414 g/mol. The lowest BCUT2D eigenvalue weighted by Crippen LogP contribution is -2.38. The molecule has 1 fully saturated rings. The lowest BCUT2D eigenvalue weighted by Gasteiger charge is -2.26. The molecule has 0 spiro atoms. The zero-order valence-corrected chi connectivity index (χ0v) is 18.5. The predicted molar refractivity (Wildman–Crippen MR) is 120 cm³/mol. The molecule has 0 radical (unpaired) electrons. The Morgan fingerprint density at radius 3 is 2.55 bits per heavy atom. The highest BCUT2D eigenvalue weighted by Gasteiger charge is 2.15. The van der Waals surface area contributed by atoms with Crippen LogP contribution < -0.4 is 9.47 Å². The minimum atomic E-state index is 0.443. The number of hydrogen-bond donors (Lipinski definition) is 0. The molecule has 0 saturated carbocycles. The van der Waals surface area contributed by atoms with Crippen LogP contribution in [0.5, 0.6) is 11.5 Å². The van der Waals surface area contributed by atoms with E-state index in [1.165, 1.54) is 0 Å². The third-order valence-corrected chi connectivity index (χ3v) is 5.96. The molecule has 0 atom stereocenters. The molecule has 1 aromatic heterocycles. The van der Waals surface area contributed by atoms with Crippen molar-refractivity contribution in [3.05, 3.63) is 48.8 Å². The maximum absolute atomic E-state index is 6.17. The van der Waals surface area contributed by atoms with Gasteiger partial charge in [-0.2, -0.15) is 0 Å². The molecule has 31 heavy (non-hydrogen) atoms. The summed E-state index contributed by atoms with van der Waals surface area (Å²) < 4.78 is 22.6. The Morgan fingerprint density at radius 1 is 0.968 bits per heavy atom. The number of aromatic nitrogens is 2. The van der Waals surface area contributed by atoms with E-state index >= 15 is 0 Å². The van der Waals surface area contributed by atoms with Gasteiger partial charge in [-0.25, -0.2) is 9.97 Å². The molecule has 0 amide bonds. The van der Waals surface area contributed by atoms with Crippen LogP contribution in [0, 0.1) is 0 Å². The summed E-state index contributed by atoms with van der Waals surface area (Å²) in [5.41, 5.74) is 0.821. The Hall–Kier alpha value is -2.39. The molecule has 3 aromatic rings. The van der Waals surface area contributed by atoms with Gasteiger partial charge in [-0.3, -0.25) is 4.90 Å². The lowest BCUT2D eigenvalue weighted by atomic mass is 10.2. The molecule has 2 heterocycles. The number of benzene rings is 2. The summed E-state index contributed by atoms with van der Waals surface area (Å²) in [7, 11) is 1.66. The summed E-state index contributed by atoms with van der Waals surface area (Å²) in [6.45, 7) is 5.78. The van der Waals surface area contributed by atoms with Crippen molar-refractivity contribution in [2.24, 2.45) is 0 Å². The van der Waals surface area contributed by atoms with E-state index in [2.05, 4.69) is 27.0 Å². The molecule has 2 aromatic carbocycles. The standard InChI is InChI=1S/C23H27N3O4S/c1-27-13-14-30-22-16-20-19(15-21(22)29-12-9-26-7-10-28-11-8-26)23(25-17-24-20)31-18-5-3-2-4-6-18/h2-6,15-17H,7-14H2,1H3. The number of methoxy groups -OCH3 is 1. The van der Waals surface area contributed by atoms with Crippen molar-refractivity contribution in [2.75, 3.05) is 59.8 Å². The van der Waals surface area contributed by atoms with Crippen molar-refractivity contribution in [3.63, 3.8) is 0 Å². The number of ether oxygens (including phenoxy) is 4. The molecular formula is C23H27N3O4S. The summed E-state index contributed by atoms with van der Waals surface area (Å²) in [6, 6.07) is 14.1. The van der Waals surface area contributed by atoms with Crippen LogP contribution in [0.2, 0.25) is 0 Å². The van der Waals surface area contributed by atoms with Gasteiger partial charge in [-0.1, -0.05) is 30.0 Å². The molecule has 0 unspecified atom stereocenters. The minimum Gasteiger partial charge on any atom is -0.488 e. The highest BCUT2D eigenvalue weighted by Crippen LogP contribution is 2.37. The Labute approximate surface area is 186 Å². The van der Waals surface area contributed by atoms with Gasteiger partial charge in [0.15, 0.2) is 11.5 Å². The minimum absolute atomic E-state index is 0.443. The molecule has 1 saturated heterocycles. The van der Waals surface area contributed by atoms with Crippen LogP contribution in [0.1, 0.15) is 0 Å². The lowest BCUT2D eigenvalue weighted by molar-refractivity contribution is 0.0320. The van der Waals surface area contributed by atoms with Crippen LogP contribution >= 0.6 is 11.8 Å². The van der Waals surface area contributed by atoms with Crippen molar-refractivity contribution in [3.8, 4) is 11.5 Å². The van der Waals surface area contributed by atoms with Gasteiger partial charge >= 0.3 is 0 Å². The van der Waals surface area contributed by atoms with Gasteiger partial charge in [0.05, 0.1) is 25.3 Å². The van der Waals surface area contributed by atoms with Crippen molar-refractivity contribution < 1.29 is 18.9 Å². The maximum Gasteiger partial charge on any atom is 0.163 e. The van der Waals surface area contributed by atoms with Crippen LogP contribution in [-0.2, 0) is 9.47 Å². The van der Waals surface area contributed by atoms with Crippen LogP contribution in [-0.4, -0.2) is 74.6 Å². The summed E-state index contributed by atoms with van der Waals surface area (Å²) in [5.74, 6) is 1.36. The highest BCUT2D eigenvalue weighted by atomic mass is 32.2. The molecule has 7 nitrogen and oxygen atoms in total. The molecule has 164 valence electrons. The highest BCUT2D eigenvalue weighted by molar-refractivity contribution is 7.99. The topological polar surface area (TPSA) is 65.9 Å². The first-order chi connectivity index (χ1) is 15.3. The second-order valence-corrected chi connectivity index (χ2v) is 8.12. The molecule has 4 rings (SSSR count). The fraction of sp³-hybridized carbons (Fsp3) is 0.391. The molecule has 0 bridgehead atoms. The van der Waals surface area contributed by atoms with Crippen molar-refractivity contribution in [1.29, 1.82) is 0 Å². The maximum atomic E-state index is 6.17. The number of hydrogen-bond acceptors (Lipinski definition) is 8. The Bertz CT molecular complexity index is 968. The summed E-state index contributed by atoms with van der Waals surface area (Å²) in [4.78, 5) is 12.4. The first-order valence-electron chi connectivity index (χ1n) is 10.4. The summed E-state index contributed by atoms with van der Waals surface area (Å²) >= 11 is 1.61. The third kappa shape index (κ3) is 6.07. The molecule has 1 aliphatic rings. The smallest absolute Gasteiger partial charge is 0.163 e. The van der Waals surface area contributed by atoms with Gasteiger partial charge in [-0.15, -0.1) is 0 Å². The van der Waals surface area contributed by atoms with E-state index < -0.39 is 0 Å². The molecule has 1 aliphatic heterocycles. The van der Waals surface area contributed by atoms with E-state index in [-0.39, 0.29) is 0 Å². The van der Waals surface area contributed by atoms with Crippen molar-refractivity contribution >= 4 is 22.7 Å². The number of morpholine rings is 1. The fourth-order valence-corrected chi connectivity index (χ4v) is 4.18. The second kappa shape index (κ2) is 11.3. The fourth-order valence-electron chi connectivity index (χ4n) is 3.29. The average molecular weight is 442 g/mol. The van der Waals surface area contributed by atoms with Crippen molar-refractivity contribution in [2.45, 2.75) is 9.92 Å². The van der Waals surface area contributed by atoms with Gasteiger partial charge in [-0.05, 0) is 18.2 Å². The summed E-state index contributed by atoms with van der Waals surface area (Å²) in [6.07, 6.45) is 1.59. The quantitative estimate of drug-likeness (QED) is 0.350. The predicted octanol–water partition coefficient (Wildman–Crippen LogP) is 3.52. The summed E-state index contributed by atoms with van der Waals surface area (Å²) in [5, 5.41) is 1.83. The zero-order valence-electron chi connectivity index (χ0n) is 17.7. The van der Waals surface area contributed by atoms with Crippen LogP contribution in [0.25, 0.3) is 10.9 Å². The first-order valence-corrected chi connectivity index (χ1v) is 11.2. The monoisotopic (exact) mass is 441 g/mol. The van der Waals surface area contributed by atoms with E-state index in [0.717, 1.165) is 53.7 Å². The van der Waals surface area contributed by atoms with E-state index in [9.17, 15) is 0 Å². The van der Waals surface area contributed by atoms with E-state index in [0.29, 0.717) is 31.3 Å². The Morgan fingerprint density at radius 2 is 1.74 bits per heavy atom. The van der Waals surface area contributed by atoms with Crippen LogP contribution in [0.3, 0.4) is 0 Å². The van der Waals surface area contributed by atoms with Crippen LogP contribution in [0.4, 0.5) is 0 Å². The number of nitrogens with zero attached hydrogens (tertiary/aromatic N) is 3. The number of fused-ring (bicyclic) bond motifs is 1.